The zero-order valence-electron chi connectivity index (χ0n) is 8.36. The Bertz CT molecular complexity index is 371. The van der Waals surface area contributed by atoms with Gasteiger partial charge in [-0.05, 0) is 24.5 Å². The van der Waals surface area contributed by atoms with Gasteiger partial charge in [-0.1, -0.05) is 23.8 Å². The molecule has 1 atom stereocenters. The van der Waals surface area contributed by atoms with Gasteiger partial charge in [-0.15, -0.1) is 0 Å². The highest BCUT2D eigenvalue weighted by Gasteiger charge is 2.42. The monoisotopic (exact) mass is 215 g/mol. The van der Waals surface area contributed by atoms with Crippen molar-refractivity contribution < 1.29 is 13.2 Å². The van der Waals surface area contributed by atoms with Crippen LogP contribution >= 0.6 is 0 Å². The van der Waals surface area contributed by atoms with Crippen LogP contribution in [0.2, 0.25) is 0 Å². The van der Waals surface area contributed by atoms with Gasteiger partial charge in [-0.2, -0.15) is 13.2 Å². The fraction of sp³-hybridized carbons (Fsp3) is 0.455. The van der Waals surface area contributed by atoms with Gasteiger partial charge < -0.3 is 5.32 Å². The van der Waals surface area contributed by atoms with E-state index in [-0.39, 0.29) is 0 Å². The molecule has 2 rings (SSSR count). The van der Waals surface area contributed by atoms with E-state index in [4.69, 9.17) is 0 Å². The minimum atomic E-state index is -4.20. The van der Waals surface area contributed by atoms with E-state index in [9.17, 15) is 13.2 Å². The Labute approximate surface area is 86.3 Å². The second-order valence-corrected chi connectivity index (χ2v) is 3.88. The highest BCUT2D eigenvalue weighted by molar-refractivity contribution is 5.36. The van der Waals surface area contributed by atoms with Gasteiger partial charge in [0.1, 0.15) is 6.04 Å². The van der Waals surface area contributed by atoms with Gasteiger partial charge in [0, 0.05) is 6.54 Å². The molecule has 0 spiro atoms. The lowest BCUT2D eigenvalue weighted by molar-refractivity contribution is -0.158. The molecule has 0 bridgehead atoms. The summed E-state index contributed by atoms with van der Waals surface area (Å²) in [7, 11) is 0. The number of nitrogens with one attached hydrogen (secondary N) is 1. The van der Waals surface area contributed by atoms with Crippen LogP contribution in [0.4, 0.5) is 13.2 Å². The van der Waals surface area contributed by atoms with Gasteiger partial charge in [0.25, 0.3) is 0 Å². The summed E-state index contributed by atoms with van der Waals surface area (Å²) in [6.45, 7) is 2.28. The predicted octanol–water partition coefficient (Wildman–Crippen LogP) is 2.74. The third-order valence-corrected chi connectivity index (χ3v) is 2.68. The van der Waals surface area contributed by atoms with Gasteiger partial charge >= 0.3 is 6.18 Å². The first-order chi connectivity index (χ1) is 6.98. The molecule has 1 aliphatic rings. The van der Waals surface area contributed by atoms with Crippen molar-refractivity contribution in [2.45, 2.75) is 25.6 Å². The zero-order valence-corrected chi connectivity index (χ0v) is 8.36. The molecule has 1 aromatic rings. The standard InChI is InChI=1S/C11H12F3N/c1-7-2-3-9-8(6-7)4-5-15-10(9)11(12,13)14/h2-3,6,10,15H,4-5H2,1H3. The fourth-order valence-electron chi connectivity index (χ4n) is 1.99. The number of hydrogen-bond donors (Lipinski definition) is 1. The SMILES string of the molecule is Cc1ccc2c(c1)CCNC2C(F)(F)F. The van der Waals surface area contributed by atoms with E-state index < -0.39 is 12.2 Å². The van der Waals surface area contributed by atoms with Gasteiger partial charge in [0.05, 0.1) is 0 Å². The van der Waals surface area contributed by atoms with Crippen LogP contribution in [0, 0.1) is 6.92 Å². The molecule has 0 radical (unpaired) electrons. The summed E-state index contributed by atoms with van der Waals surface area (Å²) in [6, 6.07) is 3.65. The van der Waals surface area contributed by atoms with Crippen molar-refractivity contribution in [1.29, 1.82) is 0 Å². The van der Waals surface area contributed by atoms with E-state index in [2.05, 4.69) is 5.32 Å². The maximum atomic E-state index is 12.7. The first-order valence-electron chi connectivity index (χ1n) is 4.88. The average molecular weight is 215 g/mol. The molecule has 0 aromatic heterocycles. The van der Waals surface area contributed by atoms with E-state index in [1.807, 2.05) is 13.0 Å². The molecule has 0 saturated heterocycles. The third kappa shape index (κ3) is 2.00. The average Bonchev–Trinajstić information content (AvgIpc) is 2.15. The molecule has 0 amide bonds. The molecule has 1 unspecified atom stereocenters. The Hall–Kier alpha value is -1.03. The topological polar surface area (TPSA) is 12.0 Å². The largest absolute Gasteiger partial charge is 0.407 e. The molecule has 4 heteroatoms. The summed E-state index contributed by atoms with van der Waals surface area (Å²) in [6.07, 6.45) is -3.53. The highest BCUT2D eigenvalue weighted by Crippen LogP contribution is 2.36. The van der Waals surface area contributed by atoms with Crippen LogP contribution in [0.3, 0.4) is 0 Å². The zero-order chi connectivity index (χ0) is 11.1. The van der Waals surface area contributed by atoms with E-state index in [1.54, 1.807) is 12.1 Å². The lowest BCUT2D eigenvalue weighted by atomic mass is 9.92. The molecular weight excluding hydrogens is 203 g/mol. The quantitative estimate of drug-likeness (QED) is 0.701. The first-order valence-corrected chi connectivity index (χ1v) is 4.88. The van der Waals surface area contributed by atoms with Crippen molar-refractivity contribution in [2.24, 2.45) is 0 Å². The van der Waals surface area contributed by atoms with Crippen LogP contribution in [0.15, 0.2) is 18.2 Å². The molecule has 1 nitrogen and oxygen atoms in total. The lowest BCUT2D eigenvalue weighted by Gasteiger charge is -2.28. The molecular formula is C11H12F3N. The summed E-state index contributed by atoms with van der Waals surface area (Å²) in [5, 5.41) is 2.51. The summed E-state index contributed by atoms with van der Waals surface area (Å²) in [5.41, 5.74) is 2.20. The number of aryl methyl sites for hydroxylation is 1. The first kappa shape index (κ1) is 10.5. The third-order valence-electron chi connectivity index (χ3n) is 2.68. The predicted molar refractivity (Wildman–Crippen MR) is 51.7 cm³/mol. The van der Waals surface area contributed by atoms with Gasteiger partial charge in [-0.25, -0.2) is 0 Å². The van der Waals surface area contributed by atoms with Crippen LogP contribution < -0.4 is 5.32 Å². The Balaban J connectivity index is 2.43. The molecule has 82 valence electrons. The number of alkyl halides is 3. The van der Waals surface area contributed by atoms with Crippen LogP contribution in [0.1, 0.15) is 22.7 Å². The maximum Gasteiger partial charge on any atom is 0.407 e. The molecule has 1 aromatic carbocycles. The molecule has 0 saturated carbocycles. The van der Waals surface area contributed by atoms with Gasteiger partial charge in [0.2, 0.25) is 0 Å². The van der Waals surface area contributed by atoms with Gasteiger partial charge in [0.15, 0.2) is 0 Å². The number of halogens is 3. The van der Waals surface area contributed by atoms with E-state index in [0.29, 0.717) is 18.5 Å². The Morgan fingerprint density at radius 2 is 2.07 bits per heavy atom. The van der Waals surface area contributed by atoms with Crippen molar-refractivity contribution in [3.05, 3.63) is 34.9 Å². The summed E-state index contributed by atoms with van der Waals surface area (Å²) < 4.78 is 38.0. The van der Waals surface area contributed by atoms with E-state index in [1.165, 1.54) is 0 Å². The Morgan fingerprint density at radius 1 is 1.33 bits per heavy atom. The van der Waals surface area contributed by atoms with Crippen molar-refractivity contribution in [2.75, 3.05) is 6.54 Å². The summed E-state index contributed by atoms with van der Waals surface area (Å²) >= 11 is 0. The van der Waals surface area contributed by atoms with E-state index in [0.717, 1.165) is 11.1 Å². The maximum absolute atomic E-state index is 12.7. The smallest absolute Gasteiger partial charge is 0.302 e. The number of benzene rings is 1. The number of hydrogen-bond acceptors (Lipinski definition) is 1. The van der Waals surface area contributed by atoms with Crippen molar-refractivity contribution in [1.82, 2.24) is 5.32 Å². The molecule has 0 aliphatic carbocycles. The van der Waals surface area contributed by atoms with Gasteiger partial charge in [-0.3, -0.25) is 0 Å². The minimum Gasteiger partial charge on any atom is -0.302 e. The number of rotatable bonds is 0. The summed E-state index contributed by atoms with van der Waals surface area (Å²) in [4.78, 5) is 0. The fourth-order valence-corrected chi connectivity index (χ4v) is 1.99. The molecule has 15 heavy (non-hydrogen) atoms. The van der Waals surface area contributed by atoms with Crippen molar-refractivity contribution >= 4 is 0 Å². The highest BCUT2D eigenvalue weighted by atomic mass is 19.4. The van der Waals surface area contributed by atoms with Crippen LogP contribution in [-0.2, 0) is 6.42 Å². The van der Waals surface area contributed by atoms with Crippen LogP contribution in [0.25, 0.3) is 0 Å². The normalized spacial score (nSPS) is 21.2. The molecule has 1 aliphatic heterocycles. The Kier molecular flexibility index (Phi) is 2.46. The summed E-state index contributed by atoms with van der Waals surface area (Å²) in [5.74, 6) is 0. The van der Waals surface area contributed by atoms with Crippen molar-refractivity contribution in [3.8, 4) is 0 Å². The second kappa shape index (κ2) is 3.52. The second-order valence-electron chi connectivity index (χ2n) is 3.88. The molecule has 1 heterocycles. The Morgan fingerprint density at radius 3 is 2.73 bits per heavy atom. The van der Waals surface area contributed by atoms with Crippen molar-refractivity contribution in [3.63, 3.8) is 0 Å². The lowest BCUT2D eigenvalue weighted by Crippen LogP contribution is -2.39. The van der Waals surface area contributed by atoms with Crippen LogP contribution in [-0.4, -0.2) is 12.7 Å². The molecule has 0 fully saturated rings. The molecule has 1 N–H and O–H groups in total. The van der Waals surface area contributed by atoms with E-state index >= 15 is 0 Å². The minimum absolute atomic E-state index is 0.374. The van der Waals surface area contributed by atoms with Crippen LogP contribution in [0.5, 0.6) is 0 Å². The number of fused-ring (bicyclic) bond motifs is 1.